The van der Waals surface area contributed by atoms with Gasteiger partial charge in [0, 0.05) is 44.6 Å². The lowest BCUT2D eigenvalue weighted by Crippen LogP contribution is -2.60. The first-order valence-electron chi connectivity index (χ1n) is 24.0. The van der Waals surface area contributed by atoms with Crippen LogP contribution in [0.4, 0.5) is 0 Å². The minimum absolute atomic E-state index is 0.0420. The van der Waals surface area contributed by atoms with Crippen molar-refractivity contribution >= 4 is 35.3 Å². The van der Waals surface area contributed by atoms with E-state index in [9.17, 15) is 49.2 Å². The van der Waals surface area contributed by atoms with Gasteiger partial charge in [-0.1, -0.05) is 130 Å². The maximum atomic E-state index is 14.8. The maximum absolute atomic E-state index is 14.8. The molecule has 2 rings (SSSR count). The predicted molar refractivity (Wildman–Crippen MR) is 243 cm³/mol. The monoisotopic (exact) mass is 923 g/mol. The molecule has 372 valence electrons. The molecule has 0 amide bonds. The SMILES string of the molecule is C/C=C\[C@H](C)[C@H]1O[C@]1(C)[C@@H](O)[C@H]1COC(=O)[C@H](O)[C@@H](OC)[C@H](C)C(=O)[C@H](C)[C@@H](OC(C)=O)/C(C)=C/[C@H](C)C(=O)C[C@H](O)[C@](O)(COC(=O)CCCCCCCCCCCCCCC)C1=O. The number of ether oxygens (including phenoxy) is 5. The van der Waals surface area contributed by atoms with Crippen molar-refractivity contribution < 1.29 is 72.9 Å². The van der Waals surface area contributed by atoms with Crippen LogP contribution in [-0.4, -0.2) is 124 Å². The number of hydrogen-bond acceptors (Lipinski definition) is 15. The molecule has 13 atom stereocenters. The highest BCUT2D eigenvalue weighted by molar-refractivity contribution is 5.93. The molecule has 0 saturated carbocycles. The highest BCUT2D eigenvalue weighted by atomic mass is 16.6. The van der Waals surface area contributed by atoms with Gasteiger partial charge in [0.2, 0.25) is 0 Å². The summed E-state index contributed by atoms with van der Waals surface area (Å²) in [5.41, 5.74) is -4.17. The van der Waals surface area contributed by atoms with Gasteiger partial charge in [0.05, 0.1) is 24.0 Å². The molecule has 0 unspecified atom stereocenters. The average Bonchev–Trinajstić information content (AvgIpc) is 3.97. The molecule has 0 aliphatic carbocycles. The molecule has 0 bridgehead atoms. The summed E-state index contributed by atoms with van der Waals surface area (Å²) in [5.74, 6) is -10.8. The number of cyclic esters (lactones) is 1. The highest BCUT2D eigenvalue weighted by Gasteiger charge is 2.63. The number of rotatable bonds is 22. The van der Waals surface area contributed by atoms with Crippen molar-refractivity contribution in [1.82, 2.24) is 0 Å². The van der Waals surface area contributed by atoms with Crippen molar-refractivity contribution in [3.63, 3.8) is 0 Å². The van der Waals surface area contributed by atoms with Gasteiger partial charge in [0.15, 0.2) is 17.5 Å². The second-order valence-electron chi connectivity index (χ2n) is 18.8. The van der Waals surface area contributed by atoms with Crippen molar-refractivity contribution in [2.45, 2.75) is 206 Å². The Balaban J connectivity index is 2.47. The molecule has 0 aromatic carbocycles. The number of unbranched alkanes of at least 4 members (excludes halogenated alkanes) is 12. The molecule has 4 N–H and O–H groups in total. The molecule has 1 fully saturated rings. The Labute approximate surface area is 387 Å². The molecule has 0 aromatic rings. The Morgan fingerprint density at radius 2 is 1.48 bits per heavy atom. The fraction of sp³-hybridized carbons (Fsp3) is 0.800. The van der Waals surface area contributed by atoms with Crippen molar-refractivity contribution in [2.75, 3.05) is 20.3 Å². The van der Waals surface area contributed by atoms with Gasteiger partial charge >= 0.3 is 17.9 Å². The van der Waals surface area contributed by atoms with Crippen molar-refractivity contribution in [2.24, 2.45) is 29.6 Å². The van der Waals surface area contributed by atoms with Crippen LogP contribution in [0.1, 0.15) is 159 Å². The lowest BCUT2D eigenvalue weighted by Gasteiger charge is -2.36. The van der Waals surface area contributed by atoms with Gasteiger partial charge in [-0.15, -0.1) is 0 Å². The summed E-state index contributed by atoms with van der Waals surface area (Å²) < 4.78 is 27.8. The number of hydrogen-bond donors (Lipinski definition) is 4. The van der Waals surface area contributed by atoms with E-state index in [0.29, 0.717) is 6.42 Å². The normalized spacial score (nSPS) is 32.8. The molecule has 0 radical (unpaired) electrons. The first-order chi connectivity index (χ1) is 30.6. The maximum Gasteiger partial charge on any atom is 0.337 e. The molecule has 2 heterocycles. The van der Waals surface area contributed by atoms with Crippen LogP contribution in [0.5, 0.6) is 0 Å². The van der Waals surface area contributed by atoms with Crippen LogP contribution in [0.25, 0.3) is 0 Å². The van der Waals surface area contributed by atoms with Crippen LogP contribution in [0.3, 0.4) is 0 Å². The van der Waals surface area contributed by atoms with Crippen LogP contribution in [-0.2, 0) is 52.5 Å². The quantitative estimate of drug-likeness (QED) is 0.0308. The van der Waals surface area contributed by atoms with Crippen molar-refractivity contribution in [3.8, 4) is 0 Å². The van der Waals surface area contributed by atoms with Gasteiger partial charge in [0.25, 0.3) is 0 Å². The molecule has 15 heteroatoms. The molecular weight excluding hydrogens is 841 g/mol. The van der Waals surface area contributed by atoms with E-state index in [1.165, 1.54) is 99.2 Å². The van der Waals surface area contributed by atoms with Crippen LogP contribution >= 0.6 is 0 Å². The molecule has 15 nitrogen and oxygen atoms in total. The Kier molecular flexibility index (Phi) is 25.0. The Bertz CT molecular complexity index is 1610. The highest BCUT2D eigenvalue weighted by Crippen LogP contribution is 2.47. The summed E-state index contributed by atoms with van der Waals surface area (Å²) in [6.07, 6.45) is 9.00. The number of allylic oxidation sites excluding steroid dienone is 2. The van der Waals surface area contributed by atoms with E-state index in [0.717, 1.165) is 32.6 Å². The van der Waals surface area contributed by atoms with Gasteiger partial charge in [-0.3, -0.25) is 24.0 Å². The minimum atomic E-state index is -3.03. The van der Waals surface area contributed by atoms with Crippen LogP contribution in [0.2, 0.25) is 0 Å². The molecule has 0 aromatic heterocycles. The Hall–Kier alpha value is -3.34. The average molecular weight is 923 g/mol. The number of ketones is 3. The number of methoxy groups -OCH3 is 1. The van der Waals surface area contributed by atoms with E-state index in [2.05, 4.69) is 6.92 Å². The second kappa shape index (κ2) is 28.1. The first-order valence-corrected chi connectivity index (χ1v) is 24.0. The number of aliphatic hydroxyl groups is 4. The molecule has 1 saturated heterocycles. The van der Waals surface area contributed by atoms with E-state index < -0.39 is 126 Å². The molecule has 2 aliphatic heterocycles. The fourth-order valence-electron chi connectivity index (χ4n) is 9.04. The van der Waals surface area contributed by atoms with E-state index in [1.54, 1.807) is 13.0 Å². The zero-order valence-electron chi connectivity index (χ0n) is 40.9. The summed E-state index contributed by atoms with van der Waals surface area (Å²) in [6.45, 7) is 12.3. The van der Waals surface area contributed by atoms with Crippen LogP contribution < -0.4 is 0 Å². The standard InChI is InChI=1S/C50H82O15/c1-11-13-14-15-16-17-18-19-20-21-22-23-24-26-40(54)63-30-50(60)39(53)28-38(52)32(4)27-33(5)43(64-36(8)51)34(6)41(55)35(7)44(61-10)42(56)48(59)62-29-37(46(50)58)45(57)49(9)47(65-49)31(3)25-12-2/h12,25,27,31-32,34-35,37,39,42-45,47,53,56-57,60H,11,13-24,26,28-30H2,1-10H3/b25-12-,33-27+/t31-,32-,34-,35+,37+,39-,42+,43-,44-,45-,47+,49+,50+/m0/s1. The van der Waals surface area contributed by atoms with Crippen molar-refractivity contribution in [3.05, 3.63) is 23.8 Å². The smallest absolute Gasteiger partial charge is 0.337 e. The minimum Gasteiger partial charge on any atom is -0.463 e. The lowest BCUT2D eigenvalue weighted by molar-refractivity contribution is -0.181. The number of aliphatic hydroxyl groups excluding tert-OH is 3. The second-order valence-corrected chi connectivity index (χ2v) is 18.8. The Morgan fingerprint density at radius 1 is 0.923 bits per heavy atom. The zero-order valence-corrected chi connectivity index (χ0v) is 40.9. The summed E-state index contributed by atoms with van der Waals surface area (Å²) >= 11 is 0. The number of esters is 3. The zero-order chi connectivity index (χ0) is 49.1. The van der Waals surface area contributed by atoms with Gasteiger partial charge in [-0.2, -0.15) is 0 Å². The van der Waals surface area contributed by atoms with Crippen LogP contribution in [0, 0.1) is 29.6 Å². The van der Waals surface area contributed by atoms with E-state index >= 15 is 0 Å². The van der Waals surface area contributed by atoms with Gasteiger partial charge in [-0.05, 0) is 32.8 Å². The third-order valence-corrected chi connectivity index (χ3v) is 13.3. The topological polar surface area (TPSA) is 233 Å². The van der Waals surface area contributed by atoms with Gasteiger partial charge < -0.3 is 44.1 Å². The summed E-state index contributed by atoms with van der Waals surface area (Å²) in [5, 5.41) is 47.2. The fourth-order valence-corrected chi connectivity index (χ4v) is 9.04. The molecular formula is C50H82O15. The number of epoxide rings is 1. The Morgan fingerprint density at radius 3 is 2.00 bits per heavy atom. The molecule has 2 aliphatic rings. The molecule has 0 spiro atoms. The van der Waals surface area contributed by atoms with Gasteiger partial charge in [-0.25, -0.2) is 4.79 Å². The first kappa shape index (κ1) is 57.8. The largest absolute Gasteiger partial charge is 0.463 e. The van der Waals surface area contributed by atoms with E-state index in [4.69, 9.17) is 23.7 Å². The van der Waals surface area contributed by atoms with Crippen molar-refractivity contribution in [1.29, 1.82) is 0 Å². The summed E-state index contributed by atoms with van der Waals surface area (Å²) in [6, 6.07) is 0. The van der Waals surface area contributed by atoms with E-state index in [-0.39, 0.29) is 17.9 Å². The number of carbonyl (C=O) groups excluding carboxylic acids is 6. The summed E-state index contributed by atoms with van der Waals surface area (Å²) in [4.78, 5) is 81.3. The summed E-state index contributed by atoms with van der Waals surface area (Å²) in [7, 11) is 1.17. The lowest BCUT2D eigenvalue weighted by atomic mass is 9.76. The molecule has 65 heavy (non-hydrogen) atoms. The number of carbonyl (C=O) groups is 6. The third-order valence-electron chi connectivity index (χ3n) is 13.3. The van der Waals surface area contributed by atoms with Crippen LogP contribution in [0.15, 0.2) is 23.8 Å². The van der Waals surface area contributed by atoms with E-state index in [1.807, 2.05) is 13.0 Å². The number of Topliss-reactive ketones (excluding diaryl/α,β-unsaturated/α-hetero) is 3. The third kappa shape index (κ3) is 17.0. The predicted octanol–water partition coefficient (Wildman–Crippen LogP) is 6.27. The van der Waals surface area contributed by atoms with Gasteiger partial charge in [0.1, 0.15) is 48.7 Å².